The lowest BCUT2D eigenvalue weighted by molar-refractivity contribution is 0.0955. The zero-order chi connectivity index (χ0) is 22.2. The van der Waals surface area contributed by atoms with Gasteiger partial charge in [0.1, 0.15) is 12.4 Å². The van der Waals surface area contributed by atoms with Crippen molar-refractivity contribution in [2.75, 3.05) is 14.2 Å². The first-order valence-corrected chi connectivity index (χ1v) is 9.98. The van der Waals surface area contributed by atoms with Crippen molar-refractivity contribution in [2.24, 2.45) is 5.10 Å². The summed E-state index contributed by atoms with van der Waals surface area (Å²) in [4.78, 5) is 12.3. The Hall–Kier alpha value is -3.22. The van der Waals surface area contributed by atoms with Gasteiger partial charge in [-0.1, -0.05) is 29.3 Å². The van der Waals surface area contributed by atoms with Crippen LogP contribution >= 0.6 is 23.2 Å². The van der Waals surface area contributed by atoms with Crippen LogP contribution in [0.5, 0.6) is 17.2 Å². The molecule has 0 bridgehead atoms. The molecule has 160 valence electrons. The van der Waals surface area contributed by atoms with Gasteiger partial charge in [0.05, 0.1) is 30.5 Å². The monoisotopic (exact) mass is 458 g/mol. The highest BCUT2D eigenvalue weighted by Gasteiger charge is 2.06. The van der Waals surface area contributed by atoms with Crippen molar-refractivity contribution in [2.45, 2.75) is 6.61 Å². The van der Waals surface area contributed by atoms with Gasteiger partial charge < -0.3 is 14.2 Å². The average Bonchev–Trinajstić information content (AvgIpc) is 2.80. The number of carbonyl (C=O) groups excluding carboxylic acids is 1. The maximum absolute atomic E-state index is 12.3. The number of hydrogen-bond donors (Lipinski definition) is 1. The topological polar surface area (TPSA) is 69.2 Å². The predicted molar refractivity (Wildman–Crippen MR) is 122 cm³/mol. The van der Waals surface area contributed by atoms with Gasteiger partial charge in [-0.05, 0) is 65.7 Å². The molecular formula is C23H20Cl2N2O4. The van der Waals surface area contributed by atoms with E-state index < -0.39 is 0 Å². The highest BCUT2D eigenvalue weighted by molar-refractivity contribution is 6.42. The van der Waals surface area contributed by atoms with E-state index in [2.05, 4.69) is 10.5 Å². The first-order chi connectivity index (χ1) is 15.0. The van der Waals surface area contributed by atoms with Crippen molar-refractivity contribution < 1.29 is 19.0 Å². The van der Waals surface area contributed by atoms with E-state index in [-0.39, 0.29) is 5.91 Å². The molecular weight excluding hydrogens is 439 g/mol. The first-order valence-electron chi connectivity index (χ1n) is 9.22. The van der Waals surface area contributed by atoms with Crippen LogP contribution in [0.4, 0.5) is 0 Å². The van der Waals surface area contributed by atoms with E-state index in [1.165, 1.54) is 6.21 Å². The van der Waals surface area contributed by atoms with Gasteiger partial charge >= 0.3 is 0 Å². The van der Waals surface area contributed by atoms with Crippen LogP contribution in [-0.4, -0.2) is 26.3 Å². The van der Waals surface area contributed by atoms with Gasteiger partial charge in [-0.25, -0.2) is 5.43 Å². The Kier molecular flexibility index (Phi) is 7.76. The van der Waals surface area contributed by atoms with Crippen molar-refractivity contribution >= 4 is 35.3 Å². The van der Waals surface area contributed by atoms with E-state index in [1.54, 1.807) is 68.8 Å². The quantitative estimate of drug-likeness (QED) is 0.364. The van der Waals surface area contributed by atoms with E-state index in [1.807, 2.05) is 6.07 Å². The van der Waals surface area contributed by atoms with Crippen LogP contribution in [0.25, 0.3) is 0 Å². The molecule has 31 heavy (non-hydrogen) atoms. The summed E-state index contributed by atoms with van der Waals surface area (Å²) >= 11 is 11.9. The molecule has 0 unspecified atom stereocenters. The molecule has 0 saturated heterocycles. The average molecular weight is 459 g/mol. The number of ether oxygens (including phenoxy) is 3. The summed E-state index contributed by atoms with van der Waals surface area (Å²) in [7, 11) is 3.12. The Morgan fingerprint density at radius 1 is 0.935 bits per heavy atom. The fourth-order valence-electron chi connectivity index (χ4n) is 2.66. The molecule has 0 aliphatic carbocycles. The van der Waals surface area contributed by atoms with Crippen LogP contribution in [0.2, 0.25) is 10.0 Å². The van der Waals surface area contributed by atoms with Crippen molar-refractivity contribution in [3.05, 3.63) is 87.4 Å². The molecule has 0 fully saturated rings. The lowest BCUT2D eigenvalue weighted by Crippen LogP contribution is -2.17. The van der Waals surface area contributed by atoms with Crippen molar-refractivity contribution in [1.29, 1.82) is 0 Å². The summed E-state index contributed by atoms with van der Waals surface area (Å²) in [5.41, 5.74) is 4.59. The number of benzene rings is 3. The number of carbonyl (C=O) groups is 1. The summed E-state index contributed by atoms with van der Waals surface area (Å²) in [6.07, 6.45) is 1.52. The Balaban J connectivity index is 1.55. The summed E-state index contributed by atoms with van der Waals surface area (Å²) in [6, 6.07) is 17.4. The Bertz CT molecular complexity index is 1090. The molecule has 3 aromatic rings. The molecule has 0 heterocycles. The van der Waals surface area contributed by atoms with Gasteiger partial charge in [-0.15, -0.1) is 0 Å². The summed E-state index contributed by atoms with van der Waals surface area (Å²) < 4.78 is 16.2. The van der Waals surface area contributed by atoms with Gasteiger partial charge in [0.25, 0.3) is 5.91 Å². The van der Waals surface area contributed by atoms with E-state index in [0.717, 1.165) is 11.1 Å². The third-order valence-electron chi connectivity index (χ3n) is 4.29. The molecule has 0 atom stereocenters. The fraction of sp³-hybridized carbons (Fsp3) is 0.130. The Morgan fingerprint density at radius 3 is 2.35 bits per heavy atom. The summed E-state index contributed by atoms with van der Waals surface area (Å²) in [6.45, 7) is 0.331. The number of hydrazone groups is 1. The largest absolute Gasteiger partial charge is 0.493 e. The lowest BCUT2D eigenvalue weighted by atomic mass is 10.2. The minimum Gasteiger partial charge on any atom is -0.493 e. The molecule has 1 amide bonds. The number of hydrogen-bond acceptors (Lipinski definition) is 5. The number of halogens is 2. The van der Waals surface area contributed by atoms with Crippen LogP contribution in [0.1, 0.15) is 21.5 Å². The smallest absolute Gasteiger partial charge is 0.271 e. The first kappa shape index (κ1) is 22.5. The fourth-order valence-corrected chi connectivity index (χ4v) is 2.98. The molecule has 0 aliphatic heterocycles. The van der Waals surface area contributed by atoms with Gasteiger partial charge in [0, 0.05) is 5.56 Å². The second kappa shape index (κ2) is 10.7. The van der Waals surface area contributed by atoms with E-state index in [0.29, 0.717) is 39.5 Å². The van der Waals surface area contributed by atoms with E-state index in [4.69, 9.17) is 37.4 Å². The van der Waals surface area contributed by atoms with Crippen LogP contribution < -0.4 is 19.6 Å². The zero-order valence-electron chi connectivity index (χ0n) is 16.9. The SMILES string of the molecule is COc1ccc(C=NNC(=O)c2ccc(OCc3ccc(Cl)c(Cl)c3)cc2)cc1OC. The minimum absolute atomic E-state index is 0.331. The summed E-state index contributed by atoms with van der Waals surface area (Å²) in [5.74, 6) is 1.48. The maximum Gasteiger partial charge on any atom is 0.271 e. The molecule has 1 N–H and O–H groups in total. The van der Waals surface area contributed by atoms with Crippen molar-refractivity contribution in [1.82, 2.24) is 5.43 Å². The van der Waals surface area contributed by atoms with Crippen LogP contribution in [-0.2, 0) is 6.61 Å². The van der Waals surface area contributed by atoms with Crippen molar-refractivity contribution in [3.8, 4) is 17.2 Å². The molecule has 0 spiro atoms. The number of nitrogens with one attached hydrogen (secondary N) is 1. The Morgan fingerprint density at radius 2 is 1.68 bits per heavy atom. The normalized spacial score (nSPS) is 10.7. The predicted octanol–water partition coefficient (Wildman–Crippen LogP) is 5.35. The van der Waals surface area contributed by atoms with E-state index >= 15 is 0 Å². The molecule has 6 nitrogen and oxygen atoms in total. The number of methoxy groups -OCH3 is 2. The van der Waals surface area contributed by atoms with Gasteiger partial charge in [-0.3, -0.25) is 4.79 Å². The van der Waals surface area contributed by atoms with Crippen LogP contribution in [0, 0.1) is 0 Å². The number of amides is 1. The molecule has 3 aromatic carbocycles. The zero-order valence-corrected chi connectivity index (χ0v) is 18.4. The highest BCUT2D eigenvalue weighted by atomic mass is 35.5. The Labute approximate surface area is 190 Å². The third-order valence-corrected chi connectivity index (χ3v) is 5.03. The molecule has 0 saturated carbocycles. The van der Waals surface area contributed by atoms with Gasteiger partial charge in [-0.2, -0.15) is 5.10 Å². The molecule has 8 heteroatoms. The molecule has 0 radical (unpaired) electrons. The maximum atomic E-state index is 12.3. The van der Waals surface area contributed by atoms with Crippen LogP contribution in [0.3, 0.4) is 0 Å². The molecule has 0 aromatic heterocycles. The minimum atomic E-state index is -0.340. The second-order valence-corrected chi connectivity index (χ2v) is 7.19. The van der Waals surface area contributed by atoms with Crippen LogP contribution in [0.15, 0.2) is 65.8 Å². The molecule has 0 aliphatic rings. The van der Waals surface area contributed by atoms with Crippen molar-refractivity contribution in [3.63, 3.8) is 0 Å². The van der Waals surface area contributed by atoms with Gasteiger partial charge in [0.2, 0.25) is 0 Å². The number of nitrogens with zero attached hydrogens (tertiary/aromatic N) is 1. The van der Waals surface area contributed by atoms with Gasteiger partial charge in [0.15, 0.2) is 11.5 Å². The lowest BCUT2D eigenvalue weighted by Gasteiger charge is -2.08. The number of rotatable bonds is 8. The second-order valence-electron chi connectivity index (χ2n) is 6.38. The van der Waals surface area contributed by atoms with E-state index in [9.17, 15) is 4.79 Å². The standard InChI is InChI=1S/C23H20Cl2N2O4/c1-29-21-10-4-15(12-22(21)30-2)13-26-27-23(28)17-5-7-18(8-6-17)31-14-16-3-9-19(24)20(25)11-16/h3-13H,14H2,1-2H3,(H,27,28). The third kappa shape index (κ3) is 6.13. The summed E-state index contributed by atoms with van der Waals surface area (Å²) in [5, 5.41) is 4.96. The highest BCUT2D eigenvalue weighted by Crippen LogP contribution is 2.27. The molecule has 3 rings (SSSR count).